The van der Waals surface area contributed by atoms with E-state index in [1.54, 1.807) is 14.2 Å². The van der Waals surface area contributed by atoms with Gasteiger partial charge in [0.2, 0.25) is 5.95 Å². The lowest BCUT2D eigenvalue weighted by atomic mass is 10.1. The first kappa shape index (κ1) is 21.8. The smallest absolute Gasteiger partial charge is 0.229 e. The molecule has 0 radical (unpaired) electrons. The Morgan fingerprint density at radius 1 is 0.941 bits per heavy atom. The van der Waals surface area contributed by atoms with Crippen LogP contribution in [-0.4, -0.2) is 42.4 Å². The Balaban J connectivity index is 1.61. The lowest BCUT2D eigenvalue weighted by Gasteiger charge is -2.14. The van der Waals surface area contributed by atoms with Crippen LogP contribution in [0.5, 0.6) is 17.2 Å². The van der Waals surface area contributed by atoms with Gasteiger partial charge in [0.25, 0.3) is 0 Å². The first-order valence-electron chi connectivity index (χ1n) is 11.1. The summed E-state index contributed by atoms with van der Waals surface area (Å²) in [7, 11) is 3.29. The molecule has 0 saturated heterocycles. The van der Waals surface area contributed by atoms with Crippen LogP contribution < -0.4 is 19.5 Å². The Labute approximate surface area is 197 Å². The third-order valence-corrected chi connectivity index (χ3v) is 5.57. The Bertz CT molecular complexity index is 1330. The van der Waals surface area contributed by atoms with Crippen LogP contribution in [0, 0.1) is 0 Å². The van der Waals surface area contributed by atoms with E-state index >= 15 is 0 Å². The third kappa shape index (κ3) is 4.53. The molecule has 0 unspecified atom stereocenters. The van der Waals surface area contributed by atoms with Gasteiger partial charge in [-0.25, -0.2) is 4.98 Å². The monoisotopic (exact) mass is 458 g/mol. The maximum Gasteiger partial charge on any atom is 0.229 e. The summed E-state index contributed by atoms with van der Waals surface area (Å²) >= 11 is 0. The zero-order valence-corrected chi connectivity index (χ0v) is 19.1. The highest BCUT2D eigenvalue weighted by atomic mass is 16.5. The fourth-order valence-corrected chi connectivity index (χ4v) is 3.91. The lowest BCUT2D eigenvalue weighted by Crippen LogP contribution is -2.03. The number of methoxy groups -OCH3 is 2. The standard InChI is InChI=1S/C26H26N4O4/c1-31-21-9-7-19-14-18(21)16-33-12-4-3-5-13-34-23-15-17(6-8-22(23)32-2)24-20-10-11-27-25(20)30-26(28-19)29-24/h3-4,6-11,14-15H,5,12-13,16H2,1-2H3,(H2,27,28,29,30)/b4-3+. The Kier molecular flexibility index (Phi) is 6.31. The molecule has 0 fully saturated rings. The Morgan fingerprint density at radius 3 is 2.71 bits per heavy atom. The molecular weight excluding hydrogens is 432 g/mol. The first-order valence-corrected chi connectivity index (χ1v) is 11.1. The average molecular weight is 459 g/mol. The summed E-state index contributed by atoms with van der Waals surface area (Å²) in [6.45, 7) is 1.43. The molecule has 0 saturated carbocycles. The van der Waals surface area contributed by atoms with Crippen molar-refractivity contribution >= 4 is 22.7 Å². The highest BCUT2D eigenvalue weighted by molar-refractivity contribution is 5.92. The molecule has 0 amide bonds. The highest BCUT2D eigenvalue weighted by Crippen LogP contribution is 2.35. The number of hydrogen-bond donors (Lipinski definition) is 2. The molecule has 8 nitrogen and oxygen atoms in total. The Morgan fingerprint density at radius 2 is 1.82 bits per heavy atom. The summed E-state index contributed by atoms with van der Waals surface area (Å²) in [6.07, 6.45) is 6.65. The van der Waals surface area contributed by atoms with Gasteiger partial charge in [0.05, 0.1) is 39.7 Å². The van der Waals surface area contributed by atoms with Crippen LogP contribution in [-0.2, 0) is 11.3 Å². The predicted octanol–water partition coefficient (Wildman–Crippen LogP) is 5.24. The fraction of sp³-hybridized carbons (Fsp3) is 0.231. The van der Waals surface area contributed by atoms with Crippen LogP contribution in [0.25, 0.3) is 22.3 Å². The molecule has 2 N–H and O–H groups in total. The molecular formula is C26H26N4O4. The van der Waals surface area contributed by atoms with E-state index < -0.39 is 0 Å². The summed E-state index contributed by atoms with van der Waals surface area (Å²) < 4.78 is 22.9. The minimum atomic E-state index is 0.420. The molecule has 2 aromatic carbocycles. The maximum absolute atomic E-state index is 6.04. The van der Waals surface area contributed by atoms with Gasteiger partial charge < -0.3 is 29.2 Å². The van der Waals surface area contributed by atoms with Gasteiger partial charge in [-0.15, -0.1) is 0 Å². The Hall–Kier alpha value is -4.04. The van der Waals surface area contributed by atoms with Crippen molar-refractivity contribution < 1.29 is 18.9 Å². The molecule has 174 valence electrons. The number of fused-ring (bicyclic) bond motifs is 9. The van der Waals surface area contributed by atoms with Crippen LogP contribution in [0.4, 0.5) is 11.6 Å². The maximum atomic E-state index is 6.04. The van der Waals surface area contributed by atoms with Crippen molar-refractivity contribution in [1.29, 1.82) is 0 Å². The summed E-state index contributed by atoms with van der Waals surface area (Å²) in [6, 6.07) is 13.6. The predicted molar refractivity (Wildman–Crippen MR) is 131 cm³/mol. The summed E-state index contributed by atoms with van der Waals surface area (Å²) in [4.78, 5) is 12.7. The molecule has 2 aromatic heterocycles. The van der Waals surface area contributed by atoms with Gasteiger partial charge in [0, 0.05) is 28.4 Å². The van der Waals surface area contributed by atoms with Gasteiger partial charge >= 0.3 is 0 Å². The normalized spacial score (nSPS) is 14.9. The highest BCUT2D eigenvalue weighted by Gasteiger charge is 2.15. The number of hydrogen-bond acceptors (Lipinski definition) is 7. The van der Waals surface area contributed by atoms with Gasteiger partial charge in [-0.1, -0.05) is 12.2 Å². The van der Waals surface area contributed by atoms with Crippen molar-refractivity contribution in [3.8, 4) is 28.5 Å². The minimum absolute atomic E-state index is 0.420. The van der Waals surface area contributed by atoms with Gasteiger partial charge in [0.15, 0.2) is 11.5 Å². The molecule has 6 bridgehead atoms. The lowest BCUT2D eigenvalue weighted by molar-refractivity contribution is 0.146. The van der Waals surface area contributed by atoms with E-state index in [0.717, 1.165) is 45.7 Å². The summed E-state index contributed by atoms with van der Waals surface area (Å²) in [5.41, 5.74) is 4.21. The number of aromatic nitrogens is 3. The molecule has 1 aliphatic heterocycles. The van der Waals surface area contributed by atoms with Crippen LogP contribution in [0.1, 0.15) is 12.0 Å². The SMILES string of the molecule is COc1ccc2cc1COC/C=C/CCOc1cc(ccc1OC)-c1nc(nc3[nH]ccc13)N2. The molecule has 0 spiro atoms. The molecule has 0 aliphatic carbocycles. The largest absolute Gasteiger partial charge is 0.496 e. The van der Waals surface area contributed by atoms with Crippen molar-refractivity contribution in [2.24, 2.45) is 0 Å². The van der Waals surface area contributed by atoms with Crippen molar-refractivity contribution in [3.63, 3.8) is 0 Å². The quantitative estimate of drug-likeness (QED) is 0.397. The molecule has 0 atom stereocenters. The molecule has 8 heteroatoms. The molecule has 34 heavy (non-hydrogen) atoms. The summed E-state index contributed by atoms with van der Waals surface area (Å²) in [5, 5.41) is 4.25. The fourth-order valence-electron chi connectivity index (χ4n) is 3.91. The van der Waals surface area contributed by atoms with Crippen molar-refractivity contribution in [3.05, 3.63) is 66.4 Å². The first-order chi connectivity index (χ1) is 16.7. The zero-order chi connectivity index (χ0) is 23.3. The number of nitrogens with one attached hydrogen (secondary N) is 2. The second kappa shape index (κ2) is 9.84. The van der Waals surface area contributed by atoms with E-state index in [4.69, 9.17) is 23.9 Å². The second-order valence-electron chi connectivity index (χ2n) is 7.78. The van der Waals surface area contributed by atoms with Crippen molar-refractivity contribution in [1.82, 2.24) is 15.0 Å². The van der Waals surface area contributed by atoms with E-state index in [1.165, 1.54) is 0 Å². The molecule has 5 rings (SSSR count). The van der Waals surface area contributed by atoms with Gasteiger partial charge in [0.1, 0.15) is 11.4 Å². The van der Waals surface area contributed by atoms with Crippen LogP contribution in [0.15, 0.2) is 60.8 Å². The number of nitrogens with zero attached hydrogens (tertiary/aromatic N) is 2. The second-order valence-corrected chi connectivity index (χ2v) is 7.78. The number of aromatic amines is 1. The number of H-pyrrole nitrogens is 1. The third-order valence-electron chi connectivity index (χ3n) is 5.57. The number of benzene rings is 2. The minimum Gasteiger partial charge on any atom is -0.496 e. The average Bonchev–Trinajstić information content (AvgIpc) is 3.33. The number of rotatable bonds is 2. The number of anilines is 2. The van der Waals surface area contributed by atoms with Gasteiger partial charge in [-0.2, -0.15) is 4.98 Å². The van der Waals surface area contributed by atoms with Crippen LogP contribution in [0.2, 0.25) is 0 Å². The molecule has 3 heterocycles. The van der Waals surface area contributed by atoms with E-state index in [1.807, 2.05) is 54.7 Å². The molecule has 1 aliphatic rings. The topological polar surface area (TPSA) is 90.5 Å². The van der Waals surface area contributed by atoms with Crippen molar-refractivity contribution in [2.75, 3.05) is 32.8 Å². The molecule has 4 aromatic rings. The van der Waals surface area contributed by atoms with Crippen molar-refractivity contribution in [2.45, 2.75) is 13.0 Å². The van der Waals surface area contributed by atoms with Crippen LogP contribution >= 0.6 is 0 Å². The van der Waals surface area contributed by atoms with Crippen LogP contribution in [0.3, 0.4) is 0 Å². The van der Waals surface area contributed by atoms with E-state index in [0.29, 0.717) is 37.3 Å². The van der Waals surface area contributed by atoms with E-state index in [2.05, 4.69) is 21.4 Å². The van der Waals surface area contributed by atoms with E-state index in [9.17, 15) is 0 Å². The van der Waals surface area contributed by atoms with Gasteiger partial charge in [-0.05, 0) is 48.9 Å². The van der Waals surface area contributed by atoms with Gasteiger partial charge in [-0.3, -0.25) is 0 Å². The van der Waals surface area contributed by atoms with E-state index in [-0.39, 0.29) is 0 Å². The number of ether oxygens (including phenoxy) is 4. The summed E-state index contributed by atoms with van der Waals surface area (Å²) in [5.74, 6) is 2.59. The zero-order valence-electron chi connectivity index (χ0n) is 19.1.